The lowest BCUT2D eigenvalue weighted by Crippen LogP contribution is -2.61. The molecule has 1 aromatic rings. The molecule has 406 valence electrons. The van der Waals surface area contributed by atoms with Crippen LogP contribution < -0.4 is 81.4 Å². The van der Waals surface area contributed by atoms with Crippen molar-refractivity contribution in [1.29, 1.82) is 0 Å². The molecule has 0 saturated heterocycles. The van der Waals surface area contributed by atoms with Crippen LogP contribution in [0.3, 0.4) is 0 Å². The topological polar surface area (TPSA) is 427 Å². The third-order valence-corrected chi connectivity index (χ3v) is 10.8. The molecule has 26 heteroatoms. The average molecular weight is 1020 g/mol. The molecule has 1 aromatic carbocycles. The normalized spacial score (nSPS) is 14.3. The van der Waals surface area contributed by atoms with Crippen molar-refractivity contribution in [3.8, 4) is 0 Å². The zero-order chi connectivity index (χ0) is 54.2. The molecule has 72 heavy (non-hydrogen) atoms. The fraction of sp³-hybridized carbons (Fsp3) is 0.652. The summed E-state index contributed by atoms with van der Waals surface area (Å²) in [6.45, 7) is 6.17. The Hall–Kier alpha value is -6.32. The van der Waals surface area contributed by atoms with Crippen LogP contribution in [0.25, 0.3) is 0 Å². The molecule has 10 amide bonds. The summed E-state index contributed by atoms with van der Waals surface area (Å²) in [7, 11) is 1.75. The van der Waals surface area contributed by atoms with Gasteiger partial charge < -0.3 is 86.5 Å². The Balaban J connectivity index is 3.24. The molecule has 0 aliphatic heterocycles. The van der Waals surface area contributed by atoms with Crippen LogP contribution in [0.15, 0.2) is 30.3 Å². The van der Waals surface area contributed by atoms with E-state index < -0.39 is 108 Å². The zero-order valence-electron chi connectivity index (χ0n) is 42.2. The first-order valence-corrected chi connectivity index (χ1v) is 24.3. The van der Waals surface area contributed by atoms with Gasteiger partial charge in [0.15, 0.2) is 0 Å². The summed E-state index contributed by atoms with van der Waals surface area (Å²) in [5.74, 6) is -7.42. The van der Waals surface area contributed by atoms with E-state index in [1.54, 1.807) is 58.2 Å². The molecule has 26 nitrogen and oxygen atoms in total. The van der Waals surface area contributed by atoms with Crippen LogP contribution >= 0.6 is 0 Å². The Kier molecular flexibility index (Phi) is 31.6. The Morgan fingerprint density at radius 2 is 0.944 bits per heavy atom. The Morgan fingerprint density at radius 1 is 0.514 bits per heavy atom. The molecule has 0 radical (unpaired) electrons. The summed E-state index contributed by atoms with van der Waals surface area (Å²) in [4.78, 5) is 132. The largest absolute Gasteiger partial charge is 0.391 e. The van der Waals surface area contributed by atoms with Gasteiger partial charge in [0.1, 0.15) is 42.3 Å². The van der Waals surface area contributed by atoms with Gasteiger partial charge in [-0.05, 0) is 104 Å². The molecule has 0 aromatic heterocycles. The third-order valence-electron chi connectivity index (χ3n) is 10.8. The number of aliphatic hydroxyl groups is 1. The predicted molar refractivity (Wildman–Crippen MR) is 267 cm³/mol. The summed E-state index contributed by atoms with van der Waals surface area (Å²) in [5, 5.41) is 38.5. The van der Waals surface area contributed by atoms with Gasteiger partial charge in [-0.2, -0.15) is 0 Å². The van der Waals surface area contributed by atoms with Gasteiger partial charge in [0, 0.05) is 19.4 Å². The van der Waals surface area contributed by atoms with Crippen molar-refractivity contribution in [3.63, 3.8) is 0 Å². The van der Waals surface area contributed by atoms with Crippen LogP contribution in [-0.2, 0) is 54.4 Å². The number of benzene rings is 1. The number of hydrogen-bond donors (Lipinski definition) is 16. The first-order chi connectivity index (χ1) is 34.2. The quantitative estimate of drug-likeness (QED) is 0.0278. The zero-order valence-corrected chi connectivity index (χ0v) is 42.2. The number of amides is 10. The van der Waals surface area contributed by atoms with Crippen LogP contribution in [0.4, 0.5) is 0 Å². The van der Waals surface area contributed by atoms with Gasteiger partial charge in [-0.15, -0.1) is 0 Å². The number of carbonyl (C=O) groups excluding carboxylic acids is 10. The molecule has 0 bridgehead atoms. The SMILES string of the molecule is CCNC(=O)C(NC(=O)[C@H](CCN)NC(=O)[C@H](CCN)NC(=O)[C@H](CC(C)C)NC(=O)[C@@H](Cc1ccccc1)NC(=O)[C@H](CCN)NC(=O)CNC(=O)[C@H](CCN)NC(=O)CNC(=O)CCCNC)C(C)O. The molecule has 0 heterocycles. The molecule has 0 aliphatic rings. The lowest BCUT2D eigenvalue weighted by molar-refractivity contribution is -0.136. The molecular formula is C46H81N15O11. The number of likely N-dealkylation sites (N-methyl/N-ethyl adjacent to an activating group) is 1. The molecule has 1 rings (SSSR count). The fourth-order valence-electron chi connectivity index (χ4n) is 7.01. The molecule has 0 spiro atoms. The van der Waals surface area contributed by atoms with Crippen molar-refractivity contribution in [3.05, 3.63) is 35.9 Å². The second-order valence-corrected chi connectivity index (χ2v) is 17.4. The van der Waals surface area contributed by atoms with Crippen LogP contribution in [0.1, 0.15) is 78.2 Å². The summed E-state index contributed by atoms with van der Waals surface area (Å²) in [5.41, 5.74) is 23.7. The van der Waals surface area contributed by atoms with E-state index in [1.165, 1.54) is 6.92 Å². The molecule has 0 aliphatic carbocycles. The van der Waals surface area contributed by atoms with Crippen LogP contribution in [0.2, 0.25) is 0 Å². The maximum absolute atomic E-state index is 14.2. The maximum atomic E-state index is 14.2. The van der Waals surface area contributed by atoms with Crippen molar-refractivity contribution in [2.24, 2.45) is 28.9 Å². The van der Waals surface area contributed by atoms with Gasteiger partial charge >= 0.3 is 0 Å². The molecule has 0 fully saturated rings. The van der Waals surface area contributed by atoms with Crippen LogP contribution in [0.5, 0.6) is 0 Å². The number of aliphatic hydroxyl groups excluding tert-OH is 1. The summed E-state index contributed by atoms with van der Waals surface area (Å²) in [6.07, 6.45) is -0.792. The first-order valence-electron chi connectivity index (χ1n) is 24.3. The molecule has 20 N–H and O–H groups in total. The number of nitrogens with one attached hydrogen (secondary N) is 11. The maximum Gasteiger partial charge on any atom is 0.245 e. The average Bonchev–Trinajstić information content (AvgIpc) is 3.33. The Morgan fingerprint density at radius 3 is 1.42 bits per heavy atom. The summed E-state index contributed by atoms with van der Waals surface area (Å²) >= 11 is 0. The standard InChI is InChI=1S/C46H81N15O11/c1-6-52-46(72)39(28(4)62)61-43(69)33(17-21-50)57-42(68)32(16-20-49)58-44(70)34(23-27(2)3)59-45(71)35(24-29-11-8-7-9-12-29)60-41(67)31(15-19-48)56-38(65)26-54-40(66)30(14-18-47)55-37(64)25-53-36(63)13-10-22-51-5/h7-9,11-12,27-28,30-35,39,51,62H,6,10,13-26,47-50H2,1-5H3,(H,52,72)(H,53,63)(H,54,66)(H,55,64)(H,56,65)(H,57,68)(H,58,70)(H,59,71)(H,60,67)(H,61,69)/t28?,30-,31-,32-,33-,34-,35+,39?/m0/s1. The fourth-order valence-corrected chi connectivity index (χ4v) is 7.01. The molecule has 0 saturated carbocycles. The lowest BCUT2D eigenvalue weighted by atomic mass is 10.00. The van der Waals surface area contributed by atoms with Gasteiger partial charge in [-0.3, -0.25) is 47.9 Å². The van der Waals surface area contributed by atoms with Gasteiger partial charge in [0.2, 0.25) is 59.1 Å². The minimum absolute atomic E-state index is 0.0000327. The second kappa shape index (κ2) is 35.7. The number of nitrogens with two attached hydrogens (primary N) is 4. The highest BCUT2D eigenvalue weighted by atomic mass is 16.3. The van der Waals surface area contributed by atoms with Crippen molar-refractivity contribution < 1.29 is 53.1 Å². The van der Waals surface area contributed by atoms with Crippen molar-refractivity contribution in [2.45, 2.75) is 127 Å². The van der Waals surface area contributed by atoms with Crippen LogP contribution in [0, 0.1) is 5.92 Å². The van der Waals surface area contributed by atoms with Crippen LogP contribution in [-0.4, -0.2) is 172 Å². The van der Waals surface area contributed by atoms with E-state index in [1.807, 2.05) is 0 Å². The van der Waals surface area contributed by atoms with E-state index >= 15 is 0 Å². The second-order valence-electron chi connectivity index (χ2n) is 17.4. The van der Waals surface area contributed by atoms with E-state index in [0.29, 0.717) is 18.5 Å². The molecular weight excluding hydrogens is 939 g/mol. The minimum Gasteiger partial charge on any atom is -0.391 e. The van der Waals surface area contributed by atoms with E-state index in [9.17, 15) is 53.1 Å². The van der Waals surface area contributed by atoms with E-state index in [4.69, 9.17) is 22.9 Å². The third kappa shape index (κ3) is 25.2. The van der Waals surface area contributed by atoms with Gasteiger partial charge in [0.25, 0.3) is 0 Å². The van der Waals surface area contributed by atoms with E-state index in [-0.39, 0.29) is 96.0 Å². The number of hydrogen-bond acceptors (Lipinski definition) is 16. The highest BCUT2D eigenvalue weighted by molar-refractivity contribution is 5.98. The number of carbonyl (C=O) groups is 10. The summed E-state index contributed by atoms with van der Waals surface area (Å²) in [6, 6.07) is -0.355. The van der Waals surface area contributed by atoms with Crippen molar-refractivity contribution >= 4 is 59.1 Å². The Bertz CT molecular complexity index is 1890. The molecule has 2 unspecified atom stereocenters. The monoisotopic (exact) mass is 1020 g/mol. The van der Waals surface area contributed by atoms with Gasteiger partial charge in [0.05, 0.1) is 19.2 Å². The van der Waals surface area contributed by atoms with Crippen molar-refractivity contribution in [2.75, 3.05) is 59.4 Å². The van der Waals surface area contributed by atoms with Crippen molar-refractivity contribution in [1.82, 2.24) is 58.5 Å². The highest BCUT2D eigenvalue weighted by Gasteiger charge is 2.34. The Labute approximate surface area is 421 Å². The number of rotatable bonds is 36. The predicted octanol–water partition coefficient (Wildman–Crippen LogP) is -6.19. The molecule has 8 atom stereocenters. The van der Waals surface area contributed by atoms with E-state index in [2.05, 4.69) is 58.5 Å². The van der Waals surface area contributed by atoms with Gasteiger partial charge in [-0.25, -0.2) is 0 Å². The highest BCUT2D eigenvalue weighted by Crippen LogP contribution is 2.10. The van der Waals surface area contributed by atoms with Gasteiger partial charge in [-0.1, -0.05) is 44.2 Å². The lowest BCUT2D eigenvalue weighted by Gasteiger charge is -2.28. The smallest absolute Gasteiger partial charge is 0.245 e. The minimum atomic E-state index is -1.34. The first kappa shape index (κ1) is 63.7. The van der Waals surface area contributed by atoms with E-state index in [0.717, 1.165) is 0 Å². The summed E-state index contributed by atoms with van der Waals surface area (Å²) < 4.78 is 0.